The van der Waals surface area contributed by atoms with E-state index in [2.05, 4.69) is 20.8 Å². The molecule has 92 valence electrons. The molecule has 0 bridgehead atoms. The maximum absolute atomic E-state index is 12.3. The van der Waals surface area contributed by atoms with E-state index in [-0.39, 0.29) is 18.0 Å². The zero-order valence-corrected chi connectivity index (χ0v) is 11.0. The number of hydrogen-bond donors (Lipinski definition) is 0. The van der Waals surface area contributed by atoms with Crippen LogP contribution in [0.15, 0.2) is 16.9 Å². The van der Waals surface area contributed by atoms with Crippen LogP contribution < -0.4 is 5.56 Å². The summed E-state index contributed by atoms with van der Waals surface area (Å²) in [6.45, 7) is 8.27. The molecule has 1 aromatic rings. The Bertz CT molecular complexity index is 480. The van der Waals surface area contributed by atoms with Crippen LogP contribution in [0.5, 0.6) is 0 Å². The lowest BCUT2D eigenvalue weighted by Gasteiger charge is -2.21. The Morgan fingerprint density at radius 3 is 2.47 bits per heavy atom. The Balaban J connectivity index is 3.43. The van der Waals surface area contributed by atoms with Gasteiger partial charge >= 0.3 is 0 Å². The van der Waals surface area contributed by atoms with Gasteiger partial charge in [0, 0.05) is 17.3 Å². The lowest BCUT2D eigenvalue weighted by atomic mass is 10.1. The summed E-state index contributed by atoms with van der Waals surface area (Å²) >= 11 is 0. The topological polar surface area (TPSA) is 45.8 Å². The highest BCUT2D eigenvalue weighted by Gasteiger charge is 2.14. The molecule has 0 fully saturated rings. The van der Waals surface area contributed by atoms with Crippen LogP contribution in [0.2, 0.25) is 0 Å². The maximum atomic E-state index is 12.3. The number of nitriles is 1. The summed E-state index contributed by atoms with van der Waals surface area (Å²) in [5.41, 5.74) is 1.63. The summed E-state index contributed by atoms with van der Waals surface area (Å²) in [6.07, 6.45) is 1.10. The highest BCUT2D eigenvalue weighted by molar-refractivity contribution is 5.21. The Morgan fingerprint density at radius 2 is 2.00 bits per heavy atom. The summed E-state index contributed by atoms with van der Waals surface area (Å²) in [7, 11) is 0. The minimum Gasteiger partial charge on any atom is -0.309 e. The fourth-order valence-electron chi connectivity index (χ4n) is 1.94. The summed E-state index contributed by atoms with van der Waals surface area (Å²) < 4.78 is 1.84. The van der Waals surface area contributed by atoms with Crippen LogP contribution >= 0.6 is 0 Å². The molecule has 1 atom stereocenters. The van der Waals surface area contributed by atoms with Gasteiger partial charge in [0.1, 0.15) is 0 Å². The van der Waals surface area contributed by atoms with Crippen molar-refractivity contribution in [3.8, 4) is 6.07 Å². The second-order valence-corrected chi connectivity index (χ2v) is 4.71. The van der Waals surface area contributed by atoms with Crippen LogP contribution in [-0.2, 0) is 6.42 Å². The summed E-state index contributed by atoms with van der Waals surface area (Å²) in [6, 6.07) is 5.99. The molecule has 0 aliphatic carbocycles. The molecule has 0 N–H and O–H groups in total. The smallest absolute Gasteiger partial charge is 0.255 e. The summed E-state index contributed by atoms with van der Waals surface area (Å²) in [4.78, 5) is 12.3. The van der Waals surface area contributed by atoms with Gasteiger partial charge in [-0.3, -0.25) is 4.79 Å². The van der Waals surface area contributed by atoms with Crippen molar-refractivity contribution in [3.63, 3.8) is 0 Å². The van der Waals surface area contributed by atoms with Gasteiger partial charge in [0.25, 0.3) is 5.56 Å². The SMILES string of the molecule is CCC(C)n1c(C(C)C)ccc(CC#N)c1=O. The van der Waals surface area contributed by atoms with Crippen molar-refractivity contribution in [3.05, 3.63) is 33.7 Å². The molecular weight excluding hydrogens is 212 g/mol. The minimum atomic E-state index is -0.00731. The van der Waals surface area contributed by atoms with Gasteiger partial charge in [0.05, 0.1) is 12.5 Å². The van der Waals surface area contributed by atoms with E-state index in [0.717, 1.165) is 12.1 Å². The van der Waals surface area contributed by atoms with Gasteiger partial charge in [-0.25, -0.2) is 0 Å². The predicted octanol–water partition coefficient (Wildman–Crippen LogP) is 3.01. The first-order valence-corrected chi connectivity index (χ1v) is 6.14. The van der Waals surface area contributed by atoms with Crippen LogP contribution in [0.3, 0.4) is 0 Å². The molecule has 0 spiro atoms. The van der Waals surface area contributed by atoms with Crippen LogP contribution in [0.4, 0.5) is 0 Å². The lowest BCUT2D eigenvalue weighted by molar-refractivity contribution is 0.481. The van der Waals surface area contributed by atoms with E-state index >= 15 is 0 Å². The molecule has 17 heavy (non-hydrogen) atoms. The van der Waals surface area contributed by atoms with Crippen LogP contribution in [-0.4, -0.2) is 4.57 Å². The normalized spacial score (nSPS) is 12.5. The van der Waals surface area contributed by atoms with E-state index < -0.39 is 0 Å². The van der Waals surface area contributed by atoms with Gasteiger partial charge in [0.15, 0.2) is 0 Å². The largest absolute Gasteiger partial charge is 0.309 e. The highest BCUT2D eigenvalue weighted by Crippen LogP contribution is 2.19. The second-order valence-electron chi connectivity index (χ2n) is 4.71. The van der Waals surface area contributed by atoms with Gasteiger partial charge in [-0.1, -0.05) is 26.8 Å². The number of hydrogen-bond acceptors (Lipinski definition) is 2. The molecule has 0 aromatic carbocycles. The van der Waals surface area contributed by atoms with Gasteiger partial charge < -0.3 is 4.57 Å². The van der Waals surface area contributed by atoms with Crippen molar-refractivity contribution >= 4 is 0 Å². The van der Waals surface area contributed by atoms with Gasteiger partial charge in [-0.15, -0.1) is 0 Å². The molecule has 0 aliphatic rings. The van der Waals surface area contributed by atoms with Crippen LogP contribution in [0, 0.1) is 11.3 Å². The van der Waals surface area contributed by atoms with Gasteiger partial charge in [-0.2, -0.15) is 5.26 Å². The van der Waals surface area contributed by atoms with E-state index in [1.54, 1.807) is 6.07 Å². The third-order valence-corrected chi connectivity index (χ3v) is 3.12. The van der Waals surface area contributed by atoms with E-state index in [4.69, 9.17) is 5.26 Å². The van der Waals surface area contributed by atoms with Crippen molar-refractivity contribution in [2.24, 2.45) is 0 Å². The van der Waals surface area contributed by atoms with Crippen molar-refractivity contribution in [1.82, 2.24) is 4.57 Å². The Hall–Kier alpha value is -1.56. The monoisotopic (exact) mass is 232 g/mol. The zero-order chi connectivity index (χ0) is 13.0. The first-order valence-electron chi connectivity index (χ1n) is 6.14. The van der Waals surface area contributed by atoms with E-state index in [0.29, 0.717) is 11.5 Å². The van der Waals surface area contributed by atoms with Crippen molar-refractivity contribution in [2.75, 3.05) is 0 Å². The van der Waals surface area contributed by atoms with Crippen LogP contribution in [0.1, 0.15) is 57.3 Å². The molecule has 0 aliphatic heterocycles. The first-order chi connectivity index (χ1) is 8.02. The summed E-state index contributed by atoms with van der Waals surface area (Å²) in [5, 5.41) is 8.71. The van der Waals surface area contributed by atoms with Crippen molar-refractivity contribution < 1.29 is 0 Å². The molecule has 0 saturated carbocycles. The van der Waals surface area contributed by atoms with E-state index in [9.17, 15) is 4.79 Å². The molecule has 1 unspecified atom stereocenters. The first kappa shape index (κ1) is 13.5. The molecule has 1 heterocycles. The van der Waals surface area contributed by atoms with E-state index in [1.807, 2.05) is 23.6 Å². The lowest BCUT2D eigenvalue weighted by Crippen LogP contribution is -2.29. The number of aromatic nitrogens is 1. The average molecular weight is 232 g/mol. The van der Waals surface area contributed by atoms with Crippen molar-refractivity contribution in [1.29, 1.82) is 5.26 Å². The van der Waals surface area contributed by atoms with Gasteiger partial charge in [-0.05, 0) is 25.3 Å². The fourth-order valence-corrected chi connectivity index (χ4v) is 1.94. The summed E-state index contributed by atoms with van der Waals surface area (Å²) in [5.74, 6) is 0.313. The Kier molecular flexibility index (Phi) is 4.51. The Morgan fingerprint density at radius 1 is 1.35 bits per heavy atom. The number of pyridine rings is 1. The molecule has 3 heteroatoms. The minimum absolute atomic E-state index is 0.00731. The predicted molar refractivity (Wildman–Crippen MR) is 69.1 cm³/mol. The van der Waals surface area contributed by atoms with E-state index in [1.165, 1.54) is 0 Å². The average Bonchev–Trinajstić information content (AvgIpc) is 2.30. The quantitative estimate of drug-likeness (QED) is 0.801. The fraction of sp³-hybridized carbons (Fsp3) is 0.571. The van der Waals surface area contributed by atoms with Crippen LogP contribution in [0.25, 0.3) is 0 Å². The molecule has 0 radical (unpaired) electrons. The van der Waals surface area contributed by atoms with Crippen molar-refractivity contribution in [2.45, 2.75) is 52.5 Å². The molecular formula is C14H20N2O. The Labute approximate surface area is 103 Å². The molecule has 1 aromatic heterocycles. The van der Waals surface area contributed by atoms with Gasteiger partial charge in [0.2, 0.25) is 0 Å². The third kappa shape index (κ3) is 2.76. The maximum Gasteiger partial charge on any atom is 0.255 e. The zero-order valence-electron chi connectivity index (χ0n) is 11.0. The molecule has 0 saturated heterocycles. The number of nitrogens with zero attached hydrogens (tertiary/aromatic N) is 2. The molecule has 1 rings (SSSR count). The third-order valence-electron chi connectivity index (χ3n) is 3.12. The highest BCUT2D eigenvalue weighted by atomic mass is 16.1. The molecule has 3 nitrogen and oxygen atoms in total. The standard InChI is InChI=1S/C14H20N2O/c1-5-11(4)16-13(10(2)3)7-6-12(8-9-15)14(16)17/h6-7,10-11H,5,8H2,1-4H3. The second kappa shape index (κ2) is 5.67. The molecule has 0 amide bonds. The number of rotatable bonds is 4.